The Bertz CT molecular complexity index is 705. The van der Waals surface area contributed by atoms with Crippen molar-refractivity contribution in [3.8, 4) is 0 Å². The number of aromatic nitrogens is 1. The highest BCUT2D eigenvalue weighted by atomic mass is 32.2. The van der Waals surface area contributed by atoms with E-state index >= 15 is 0 Å². The van der Waals surface area contributed by atoms with Crippen LogP contribution >= 0.6 is 11.3 Å². The average Bonchev–Trinajstić information content (AvgIpc) is 3.06. The predicted molar refractivity (Wildman–Crippen MR) is 86.4 cm³/mol. The molecule has 0 radical (unpaired) electrons. The predicted octanol–water partition coefficient (Wildman–Crippen LogP) is 1.68. The van der Waals surface area contributed by atoms with E-state index < -0.39 is 38.8 Å². The summed E-state index contributed by atoms with van der Waals surface area (Å²) in [6, 6.07) is -0.530. The molecule has 1 unspecified atom stereocenters. The van der Waals surface area contributed by atoms with Crippen molar-refractivity contribution in [2.45, 2.75) is 50.8 Å². The Morgan fingerprint density at radius 1 is 1.39 bits per heavy atom. The minimum atomic E-state index is -3.43. The Morgan fingerprint density at radius 3 is 2.52 bits per heavy atom. The molecule has 1 aromatic heterocycles. The smallest absolute Gasteiger partial charge is 0.347 e. The van der Waals surface area contributed by atoms with Crippen LogP contribution in [0.3, 0.4) is 0 Å². The van der Waals surface area contributed by atoms with E-state index in [9.17, 15) is 18.0 Å². The summed E-state index contributed by atoms with van der Waals surface area (Å²) >= 11 is 0.986. The second-order valence-corrected chi connectivity index (χ2v) is 9.09. The summed E-state index contributed by atoms with van der Waals surface area (Å²) in [5, 5.41) is 11.7. The van der Waals surface area contributed by atoms with Gasteiger partial charge in [-0.25, -0.2) is 18.2 Å². The maximum absolute atomic E-state index is 12.2. The highest BCUT2D eigenvalue weighted by Crippen LogP contribution is 2.26. The van der Waals surface area contributed by atoms with Gasteiger partial charge in [-0.05, 0) is 26.7 Å². The van der Waals surface area contributed by atoms with E-state index in [1.54, 1.807) is 13.8 Å². The molecule has 23 heavy (non-hydrogen) atoms. The van der Waals surface area contributed by atoms with Crippen LogP contribution in [0, 0.1) is 6.92 Å². The van der Waals surface area contributed by atoms with Crippen LogP contribution in [-0.2, 0) is 14.6 Å². The summed E-state index contributed by atoms with van der Waals surface area (Å²) in [5.41, 5.74) is 0.386. The van der Waals surface area contributed by atoms with E-state index in [-0.39, 0.29) is 4.88 Å². The first-order valence-corrected chi connectivity index (χ1v) is 9.95. The molecule has 1 heterocycles. The monoisotopic (exact) mass is 360 g/mol. The van der Waals surface area contributed by atoms with Gasteiger partial charge in [0.25, 0.3) is 0 Å². The summed E-state index contributed by atoms with van der Waals surface area (Å²) in [6.45, 7) is 3.24. The Kier molecular flexibility index (Phi) is 5.41. The van der Waals surface area contributed by atoms with Gasteiger partial charge in [-0.3, -0.25) is 4.79 Å². The molecule has 1 fully saturated rings. The fourth-order valence-electron chi connectivity index (χ4n) is 2.69. The number of nitrogens with zero attached hydrogens (tertiary/aromatic N) is 1. The molecule has 1 aromatic rings. The summed E-state index contributed by atoms with van der Waals surface area (Å²) in [7, 11) is -3.43. The third-order valence-electron chi connectivity index (χ3n) is 3.90. The summed E-state index contributed by atoms with van der Waals surface area (Å²) in [4.78, 5) is 27.3. The number of rotatable bonds is 6. The Balaban J connectivity index is 1.99. The van der Waals surface area contributed by atoms with Crippen LogP contribution < -0.4 is 5.32 Å². The summed E-state index contributed by atoms with van der Waals surface area (Å²) in [5.74, 6) is -2.17. The van der Waals surface area contributed by atoms with Crippen molar-refractivity contribution in [3.63, 3.8) is 0 Å². The highest BCUT2D eigenvalue weighted by Gasteiger charge is 2.31. The third-order valence-corrected chi connectivity index (χ3v) is 7.38. The zero-order chi connectivity index (χ0) is 17.2. The molecule has 0 bridgehead atoms. The lowest BCUT2D eigenvalue weighted by Crippen LogP contribution is -2.35. The second-order valence-electron chi connectivity index (χ2n) is 5.77. The number of hydrogen-bond acceptors (Lipinski definition) is 6. The summed E-state index contributed by atoms with van der Waals surface area (Å²) in [6.07, 6.45) is 3.02. The quantitative estimate of drug-likeness (QED) is 0.798. The fourth-order valence-corrected chi connectivity index (χ4v) is 5.34. The number of carboxylic acids is 1. The average molecular weight is 360 g/mol. The van der Waals surface area contributed by atoms with Gasteiger partial charge < -0.3 is 10.4 Å². The number of carbonyl (C=O) groups is 2. The van der Waals surface area contributed by atoms with Gasteiger partial charge in [0.15, 0.2) is 9.84 Å². The largest absolute Gasteiger partial charge is 0.477 e. The van der Waals surface area contributed by atoms with Crippen molar-refractivity contribution >= 4 is 33.1 Å². The first-order chi connectivity index (χ1) is 10.7. The fraction of sp³-hybridized carbons (Fsp3) is 0.643. The summed E-state index contributed by atoms with van der Waals surface area (Å²) < 4.78 is 24.3. The number of carboxylic acid groups (broad SMARTS) is 1. The minimum absolute atomic E-state index is 0.125. The number of hydrogen-bond donors (Lipinski definition) is 2. The van der Waals surface area contributed by atoms with Gasteiger partial charge in [0, 0.05) is 0 Å². The second kappa shape index (κ2) is 6.96. The van der Waals surface area contributed by atoms with Gasteiger partial charge in [-0.2, -0.15) is 0 Å². The van der Waals surface area contributed by atoms with Gasteiger partial charge in [-0.1, -0.05) is 12.8 Å². The molecule has 1 aliphatic rings. The van der Waals surface area contributed by atoms with Crippen LogP contribution in [0.2, 0.25) is 0 Å². The molecule has 2 rings (SSSR count). The molecule has 1 atom stereocenters. The first kappa shape index (κ1) is 17.9. The van der Waals surface area contributed by atoms with Crippen LogP contribution in [0.4, 0.5) is 0 Å². The van der Waals surface area contributed by atoms with Crippen molar-refractivity contribution in [3.05, 3.63) is 15.6 Å². The van der Waals surface area contributed by atoms with Gasteiger partial charge >= 0.3 is 5.97 Å². The lowest BCUT2D eigenvalue weighted by atomic mass is 10.3. The number of sulfone groups is 1. The van der Waals surface area contributed by atoms with Gasteiger partial charge in [0.2, 0.25) is 5.91 Å². The SMILES string of the molecule is Cc1nc(C(C)NC(=O)CS(=O)(=O)C2CCCC2)sc1C(=O)O. The highest BCUT2D eigenvalue weighted by molar-refractivity contribution is 7.92. The van der Waals surface area contributed by atoms with Crippen LogP contribution in [0.1, 0.15) is 59.0 Å². The van der Waals surface area contributed by atoms with Crippen molar-refractivity contribution in [1.82, 2.24) is 10.3 Å². The maximum Gasteiger partial charge on any atom is 0.347 e. The topological polar surface area (TPSA) is 113 Å². The number of carbonyl (C=O) groups excluding carboxylic acids is 1. The normalized spacial score (nSPS) is 17.1. The molecule has 128 valence electrons. The van der Waals surface area contributed by atoms with Crippen molar-refractivity contribution < 1.29 is 23.1 Å². The number of thiazole rings is 1. The van der Waals surface area contributed by atoms with Crippen molar-refractivity contribution in [2.75, 3.05) is 5.75 Å². The molecule has 0 saturated heterocycles. The van der Waals surface area contributed by atoms with Crippen molar-refractivity contribution in [1.29, 1.82) is 0 Å². The molecule has 1 aliphatic carbocycles. The zero-order valence-corrected chi connectivity index (χ0v) is 14.7. The number of nitrogens with one attached hydrogen (secondary N) is 1. The molecule has 1 saturated carbocycles. The Hall–Kier alpha value is -1.48. The molecule has 0 aliphatic heterocycles. The van der Waals surface area contributed by atoms with E-state index in [0.29, 0.717) is 23.5 Å². The molecular formula is C14H20N2O5S2. The van der Waals surface area contributed by atoms with Crippen molar-refractivity contribution in [2.24, 2.45) is 0 Å². The maximum atomic E-state index is 12.2. The number of aryl methyl sites for hydroxylation is 1. The van der Waals surface area contributed by atoms with E-state index in [4.69, 9.17) is 5.11 Å². The van der Waals surface area contributed by atoms with Crippen LogP contribution in [0.25, 0.3) is 0 Å². The molecular weight excluding hydrogens is 340 g/mol. The Labute approximate surface area is 139 Å². The first-order valence-electron chi connectivity index (χ1n) is 7.42. The van der Waals surface area contributed by atoms with E-state index in [1.807, 2.05) is 0 Å². The van der Waals surface area contributed by atoms with E-state index in [2.05, 4.69) is 10.3 Å². The van der Waals surface area contributed by atoms with Crippen LogP contribution in [0.5, 0.6) is 0 Å². The van der Waals surface area contributed by atoms with Gasteiger partial charge in [0.1, 0.15) is 15.6 Å². The molecule has 7 nitrogen and oxygen atoms in total. The zero-order valence-electron chi connectivity index (χ0n) is 13.0. The molecule has 9 heteroatoms. The van der Waals surface area contributed by atoms with Crippen LogP contribution in [-0.4, -0.2) is 41.4 Å². The Morgan fingerprint density at radius 2 is 2.00 bits per heavy atom. The number of aromatic carboxylic acids is 1. The van der Waals surface area contributed by atoms with E-state index in [0.717, 1.165) is 24.2 Å². The molecule has 1 amide bonds. The van der Waals surface area contributed by atoms with Gasteiger partial charge in [0.05, 0.1) is 17.0 Å². The lowest BCUT2D eigenvalue weighted by Gasteiger charge is -2.14. The molecule has 2 N–H and O–H groups in total. The standard InChI is InChI=1S/C14H20N2O5S2/c1-8-12(14(18)19)22-13(16-8)9(2)15-11(17)7-23(20,21)10-5-3-4-6-10/h9-10H,3-7H2,1-2H3,(H,15,17)(H,18,19). The van der Waals surface area contributed by atoms with E-state index in [1.165, 1.54) is 0 Å². The van der Waals surface area contributed by atoms with Gasteiger partial charge in [-0.15, -0.1) is 11.3 Å². The van der Waals surface area contributed by atoms with Crippen LogP contribution in [0.15, 0.2) is 0 Å². The lowest BCUT2D eigenvalue weighted by molar-refractivity contribution is -0.119. The number of amides is 1. The minimum Gasteiger partial charge on any atom is -0.477 e. The molecule has 0 aromatic carbocycles. The molecule has 0 spiro atoms. The third kappa shape index (κ3) is 4.29.